The molecule has 88 valence electrons. The highest BCUT2D eigenvalue weighted by Gasteiger charge is 2.19. The fraction of sp³-hybridized carbons (Fsp3) is 0.364. The van der Waals surface area contributed by atoms with Crippen LogP contribution in [0.5, 0.6) is 0 Å². The van der Waals surface area contributed by atoms with Crippen molar-refractivity contribution < 1.29 is 14.3 Å². The van der Waals surface area contributed by atoms with E-state index in [0.717, 1.165) is 0 Å². The van der Waals surface area contributed by atoms with E-state index < -0.39 is 6.29 Å². The van der Waals surface area contributed by atoms with E-state index in [4.69, 9.17) is 32.7 Å². The maximum Gasteiger partial charge on any atom is 0.217 e. The first-order valence-electron chi connectivity index (χ1n) is 4.61. The van der Waals surface area contributed by atoms with Gasteiger partial charge in [0.1, 0.15) is 0 Å². The summed E-state index contributed by atoms with van der Waals surface area (Å²) in [6.07, 6.45) is -0.794. The maximum absolute atomic E-state index is 11.7. The van der Waals surface area contributed by atoms with Crippen LogP contribution in [0.2, 0.25) is 10.0 Å². The molecule has 0 saturated carbocycles. The van der Waals surface area contributed by atoms with Crippen molar-refractivity contribution in [2.24, 2.45) is 0 Å². The number of ketones is 1. The molecule has 0 aromatic heterocycles. The van der Waals surface area contributed by atoms with Crippen molar-refractivity contribution in [2.45, 2.75) is 12.7 Å². The predicted molar refractivity (Wildman–Crippen MR) is 63.0 cm³/mol. The molecule has 0 aliphatic carbocycles. The van der Waals surface area contributed by atoms with E-state index in [1.54, 1.807) is 18.2 Å². The normalized spacial score (nSPS) is 10.8. The molecular formula is C11H12Cl2O3. The van der Waals surface area contributed by atoms with Gasteiger partial charge in [0.2, 0.25) is 6.29 Å². The van der Waals surface area contributed by atoms with E-state index in [2.05, 4.69) is 0 Å². The first kappa shape index (κ1) is 13.5. The maximum atomic E-state index is 11.7. The van der Waals surface area contributed by atoms with Gasteiger partial charge in [0.05, 0.1) is 0 Å². The molecule has 0 aliphatic heterocycles. The van der Waals surface area contributed by atoms with E-state index in [0.29, 0.717) is 15.6 Å². The predicted octanol–water partition coefficient (Wildman–Crippen LogP) is 2.72. The summed E-state index contributed by atoms with van der Waals surface area (Å²) in [5.41, 5.74) is 0.593. The molecule has 0 saturated heterocycles. The number of ether oxygens (including phenoxy) is 2. The minimum absolute atomic E-state index is 0.0881. The van der Waals surface area contributed by atoms with Crippen molar-refractivity contribution in [3.8, 4) is 0 Å². The minimum Gasteiger partial charge on any atom is -0.349 e. The Morgan fingerprint density at radius 3 is 2.19 bits per heavy atom. The molecule has 0 amide bonds. The van der Waals surface area contributed by atoms with Crippen LogP contribution < -0.4 is 0 Å². The van der Waals surface area contributed by atoms with Crippen LogP contribution in [-0.4, -0.2) is 26.3 Å². The van der Waals surface area contributed by atoms with E-state index in [1.165, 1.54) is 14.2 Å². The molecule has 16 heavy (non-hydrogen) atoms. The van der Waals surface area contributed by atoms with Gasteiger partial charge in [-0.25, -0.2) is 0 Å². The van der Waals surface area contributed by atoms with Crippen molar-refractivity contribution in [3.63, 3.8) is 0 Å². The Labute approximate surface area is 104 Å². The van der Waals surface area contributed by atoms with Gasteiger partial charge in [-0.05, 0) is 17.7 Å². The van der Waals surface area contributed by atoms with Crippen LogP contribution in [0.25, 0.3) is 0 Å². The molecule has 1 rings (SSSR count). The smallest absolute Gasteiger partial charge is 0.217 e. The molecule has 0 N–H and O–H groups in total. The van der Waals surface area contributed by atoms with Gasteiger partial charge in [-0.3, -0.25) is 4.79 Å². The molecule has 0 radical (unpaired) electrons. The molecule has 0 bridgehead atoms. The third-order valence-corrected chi connectivity index (χ3v) is 2.81. The summed E-state index contributed by atoms with van der Waals surface area (Å²) in [7, 11) is 2.81. The lowest BCUT2D eigenvalue weighted by atomic mass is 10.1. The second-order valence-electron chi connectivity index (χ2n) is 3.15. The Hall–Kier alpha value is -0.610. The quantitative estimate of drug-likeness (QED) is 0.766. The highest BCUT2D eigenvalue weighted by atomic mass is 35.5. The Balaban J connectivity index is 2.84. The van der Waals surface area contributed by atoms with Crippen LogP contribution in [0.4, 0.5) is 0 Å². The molecule has 1 aromatic rings. The lowest BCUT2D eigenvalue weighted by Crippen LogP contribution is -2.26. The zero-order valence-corrected chi connectivity index (χ0v) is 10.5. The van der Waals surface area contributed by atoms with Gasteiger partial charge in [0.25, 0.3) is 0 Å². The summed E-state index contributed by atoms with van der Waals surface area (Å²) in [5.74, 6) is -0.222. The van der Waals surface area contributed by atoms with E-state index >= 15 is 0 Å². The second kappa shape index (κ2) is 6.21. The standard InChI is InChI=1S/C11H12Cl2O3/c1-15-11(16-2)10(14)6-7-8(12)4-3-5-9(7)13/h3-5,11H,6H2,1-2H3. The average Bonchev–Trinajstić information content (AvgIpc) is 2.25. The highest BCUT2D eigenvalue weighted by Crippen LogP contribution is 2.25. The third-order valence-electron chi connectivity index (χ3n) is 2.10. The van der Waals surface area contributed by atoms with Crippen molar-refractivity contribution >= 4 is 29.0 Å². The van der Waals surface area contributed by atoms with Gasteiger partial charge in [-0.15, -0.1) is 0 Å². The minimum atomic E-state index is -0.882. The first-order chi connectivity index (χ1) is 7.60. The Morgan fingerprint density at radius 2 is 1.75 bits per heavy atom. The molecule has 3 nitrogen and oxygen atoms in total. The Morgan fingerprint density at radius 1 is 1.25 bits per heavy atom. The fourth-order valence-corrected chi connectivity index (χ4v) is 1.85. The van der Waals surface area contributed by atoms with Crippen molar-refractivity contribution in [1.29, 1.82) is 0 Å². The molecule has 0 fully saturated rings. The van der Waals surface area contributed by atoms with Crippen molar-refractivity contribution in [3.05, 3.63) is 33.8 Å². The number of carbonyl (C=O) groups excluding carboxylic acids is 1. The summed E-state index contributed by atoms with van der Waals surface area (Å²) < 4.78 is 9.71. The number of hydrogen-bond acceptors (Lipinski definition) is 3. The average molecular weight is 263 g/mol. The summed E-state index contributed by atoms with van der Waals surface area (Å²) in [6.45, 7) is 0. The molecule has 0 spiro atoms. The van der Waals surface area contributed by atoms with Crippen LogP contribution >= 0.6 is 23.2 Å². The molecule has 0 aliphatic rings. The largest absolute Gasteiger partial charge is 0.349 e. The lowest BCUT2D eigenvalue weighted by molar-refractivity contribution is -0.155. The first-order valence-corrected chi connectivity index (χ1v) is 5.37. The number of Topliss-reactive ketones (excluding diaryl/α,β-unsaturated/α-hetero) is 1. The van der Waals surface area contributed by atoms with Gasteiger partial charge in [-0.2, -0.15) is 0 Å². The lowest BCUT2D eigenvalue weighted by Gasteiger charge is -2.13. The summed E-state index contributed by atoms with van der Waals surface area (Å²) in [5, 5.41) is 0.929. The second-order valence-corrected chi connectivity index (χ2v) is 3.96. The van der Waals surface area contributed by atoms with E-state index in [1.807, 2.05) is 0 Å². The van der Waals surface area contributed by atoms with Crippen LogP contribution in [0.1, 0.15) is 5.56 Å². The molecule has 0 unspecified atom stereocenters. The van der Waals surface area contributed by atoms with E-state index in [9.17, 15) is 4.79 Å². The number of benzene rings is 1. The van der Waals surface area contributed by atoms with Crippen LogP contribution in [-0.2, 0) is 20.7 Å². The number of hydrogen-bond donors (Lipinski definition) is 0. The molecule has 0 heterocycles. The van der Waals surface area contributed by atoms with Crippen LogP contribution in [0, 0.1) is 0 Å². The zero-order chi connectivity index (χ0) is 12.1. The summed E-state index contributed by atoms with van der Waals surface area (Å²) in [6, 6.07) is 5.10. The zero-order valence-electron chi connectivity index (χ0n) is 9.00. The third kappa shape index (κ3) is 3.19. The van der Waals surface area contributed by atoms with E-state index in [-0.39, 0.29) is 12.2 Å². The molecule has 5 heteroatoms. The van der Waals surface area contributed by atoms with Crippen LogP contribution in [0.15, 0.2) is 18.2 Å². The van der Waals surface area contributed by atoms with Crippen molar-refractivity contribution in [1.82, 2.24) is 0 Å². The van der Waals surface area contributed by atoms with Gasteiger partial charge in [-0.1, -0.05) is 29.3 Å². The van der Waals surface area contributed by atoms with Gasteiger partial charge >= 0.3 is 0 Å². The number of methoxy groups -OCH3 is 2. The van der Waals surface area contributed by atoms with Gasteiger partial charge in [0, 0.05) is 30.7 Å². The Kier molecular flexibility index (Phi) is 5.22. The Bertz CT molecular complexity index is 355. The van der Waals surface area contributed by atoms with Gasteiger partial charge < -0.3 is 9.47 Å². The monoisotopic (exact) mass is 262 g/mol. The summed E-state index contributed by atoms with van der Waals surface area (Å²) in [4.78, 5) is 11.7. The van der Waals surface area contributed by atoms with Crippen LogP contribution in [0.3, 0.4) is 0 Å². The molecule has 1 aromatic carbocycles. The van der Waals surface area contributed by atoms with Gasteiger partial charge in [0.15, 0.2) is 5.78 Å². The number of rotatable bonds is 5. The SMILES string of the molecule is COC(OC)C(=O)Cc1c(Cl)cccc1Cl. The molecule has 0 atom stereocenters. The molecular weight excluding hydrogens is 251 g/mol. The number of halogens is 2. The topological polar surface area (TPSA) is 35.5 Å². The van der Waals surface area contributed by atoms with Crippen molar-refractivity contribution in [2.75, 3.05) is 14.2 Å². The highest BCUT2D eigenvalue weighted by molar-refractivity contribution is 6.36. The fourth-order valence-electron chi connectivity index (χ4n) is 1.32. The number of carbonyl (C=O) groups is 1. The summed E-state index contributed by atoms with van der Waals surface area (Å²) >= 11 is 11.9.